The molecule has 1 atom stereocenters. The molecule has 0 radical (unpaired) electrons. The average molecular weight is 507 g/mol. The molecule has 2 aromatic heterocycles. The zero-order valence-corrected chi connectivity index (χ0v) is 21.5. The lowest BCUT2D eigenvalue weighted by Crippen LogP contribution is -2.38. The van der Waals surface area contributed by atoms with E-state index in [0.29, 0.717) is 18.9 Å². The molecule has 2 aromatic carbocycles. The largest absolute Gasteiger partial charge is 0.457 e. The van der Waals surface area contributed by atoms with Crippen LogP contribution in [0.1, 0.15) is 26.7 Å². The summed E-state index contributed by atoms with van der Waals surface area (Å²) in [6.07, 6.45) is 6.97. The standard InChI is InChI=1S/C30H30N6O2/c1-20(2)15-22(16-31)30(37)36-14-6-7-23(36)17-35-18-26(27-28(32)33-19-34-29(27)35)21-10-12-25(13-11-21)38-24-8-4-3-5-9-24/h3-5,8-13,15,18-20,23H,6-7,14,17H2,1-2H3,(H2,32,33,34)/b22-15-/t23-/m0/s1. The van der Waals surface area contributed by atoms with Gasteiger partial charge in [-0.25, -0.2) is 9.97 Å². The third-order valence-corrected chi connectivity index (χ3v) is 6.72. The van der Waals surface area contributed by atoms with E-state index < -0.39 is 0 Å². The molecule has 1 amide bonds. The zero-order valence-electron chi connectivity index (χ0n) is 21.5. The number of ether oxygens (including phenoxy) is 1. The van der Waals surface area contributed by atoms with Crippen LogP contribution in [0.3, 0.4) is 0 Å². The maximum atomic E-state index is 13.2. The number of allylic oxidation sites excluding steroid dienone is 1. The first-order chi connectivity index (χ1) is 18.4. The van der Waals surface area contributed by atoms with Gasteiger partial charge < -0.3 is 19.9 Å². The van der Waals surface area contributed by atoms with Crippen LogP contribution in [0, 0.1) is 17.2 Å². The van der Waals surface area contributed by atoms with Gasteiger partial charge in [0.25, 0.3) is 5.91 Å². The summed E-state index contributed by atoms with van der Waals surface area (Å²) in [7, 11) is 0. The number of para-hydroxylation sites is 1. The predicted molar refractivity (Wildman–Crippen MR) is 147 cm³/mol. The number of benzene rings is 2. The normalized spacial score (nSPS) is 15.7. The van der Waals surface area contributed by atoms with Gasteiger partial charge in [0.1, 0.15) is 40.9 Å². The van der Waals surface area contributed by atoms with Crippen LogP contribution < -0.4 is 10.5 Å². The van der Waals surface area contributed by atoms with Crippen molar-refractivity contribution in [3.8, 4) is 28.7 Å². The first-order valence-corrected chi connectivity index (χ1v) is 12.8. The van der Waals surface area contributed by atoms with Crippen LogP contribution in [0.4, 0.5) is 5.82 Å². The van der Waals surface area contributed by atoms with E-state index in [1.54, 1.807) is 6.08 Å². The van der Waals surface area contributed by atoms with E-state index in [9.17, 15) is 10.1 Å². The highest BCUT2D eigenvalue weighted by atomic mass is 16.5. The number of nitrogen functional groups attached to an aromatic ring is 1. The van der Waals surface area contributed by atoms with E-state index in [4.69, 9.17) is 10.5 Å². The van der Waals surface area contributed by atoms with Crippen LogP contribution in [-0.2, 0) is 11.3 Å². The Labute approximate surface area is 222 Å². The number of aromatic nitrogens is 3. The number of amides is 1. The molecule has 0 spiro atoms. The second kappa shape index (κ2) is 10.8. The zero-order chi connectivity index (χ0) is 26.6. The summed E-state index contributed by atoms with van der Waals surface area (Å²) in [6.45, 7) is 5.11. The number of likely N-dealkylation sites (tertiary alicyclic amines) is 1. The number of carbonyl (C=O) groups excluding carboxylic acids is 1. The van der Waals surface area contributed by atoms with Gasteiger partial charge in [-0.3, -0.25) is 4.79 Å². The predicted octanol–water partition coefficient (Wildman–Crippen LogP) is 5.57. The quantitative estimate of drug-likeness (QED) is 0.259. The van der Waals surface area contributed by atoms with Gasteiger partial charge in [0.2, 0.25) is 0 Å². The van der Waals surface area contributed by atoms with Gasteiger partial charge in [0.15, 0.2) is 0 Å². The molecule has 192 valence electrons. The Kier molecular flexibility index (Phi) is 7.09. The van der Waals surface area contributed by atoms with Crippen molar-refractivity contribution < 1.29 is 9.53 Å². The molecule has 38 heavy (non-hydrogen) atoms. The van der Waals surface area contributed by atoms with Gasteiger partial charge in [0, 0.05) is 24.8 Å². The minimum absolute atomic E-state index is 0.0484. The molecule has 8 nitrogen and oxygen atoms in total. The van der Waals surface area contributed by atoms with E-state index in [0.717, 1.165) is 46.5 Å². The maximum absolute atomic E-state index is 13.2. The molecule has 0 aliphatic carbocycles. The molecule has 3 heterocycles. The van der Waals surface area contributed by atoms with E-state index in [2.05, 4.69) is 16.0 Å². The third kappa shape index (κ3) is 5.09. The molecule has 8 heteroatoms. The lowest BCUT2D eigenvalue weighted by Gasteiger charge is -2.25. The van der Waals surface area contributed by atoms with Gasteiger partial charge in [0.05, 0.1) is 11.4 Å². The average Bonchev–Trinajstić information content (AvgIpc) is 3.54. The van der Waals surface area contributed by atoms with Crippen LogP contribution in [0.5, 0.6) is 11.5 Å². The van der Waals surface area contributed by atoms with Gasteiger partial charge in [-0.2, -0.15) is 5.26 Å². The summed E-state index contributed by atoms with van der Waals surface area (Å²) in [4.78, 5) is 23.8. The summed E-state index contributed by atoms with van der Waals surface area (Å²) in [5, 5.41) is 10.3. The number of nitriles is 1. The fourth-order valence-corrected chi connectivity index (χ4v) is 5.00. The van der Waals surface area contributed by atoms with E-state index >= 15 is 0 Å². The molecular formula is C30H30N6O2. The number of anilines is 1. The molecule has 0 bridgehead atoms. The minimum Gasteiger partial charge on any atom is -0.457 e. The second-order valence-corrected chi connectivity index (χ2v) is 9.82. The maximum Gasteiger partial charge on any atom is 0.264 e. The van der Waals surface area contributed by atoms with Gasteiger partial charge in [-0.05, 0) is 48.6 Å². The van der Waals surface area contributed by atoms with Crippen LogP contribution >= 0.6 is 0 Å². The first kappa shape index (κ1) is 25.0. The highest BCUT2D eigenvalue weighted by molar-refractivity contribution is 6.01. The molecule has 0 saturated carbocycles. The molecule has 5 rings (SSSR count). The van der Waals surface area contributed by atoms with Crippen molar-refractivity contribution in [2.75, 3.05) is 12.3 Å². The molecule has 1 fully saturated rings. The van der Waals surface area contributed by atoms with Crippen molar-refractivity contribution in [2.24, 2.45) is 5.92 Å². The fraction of sp³-hybridized carbons (Fsp3) is 0.267. The van der Waals surface area contributed by atoms with Crippen molar-refractivity contribution in [1.82, 2.24) is 19.4 Å². The van der Waals surface area contributed by atoms with E-state index in [-0.39, 0.29) is 23.4 Å². The van der Waals surface area contributed by atoms with E-state index in [1.165, 1.54) is 6.33 Å². The summed E-state index contributed by atoms with van der Waals surface area (Å²) in [5.41, 5.74) is 9.13. The molecule has 2 N–H and O–H groups in total. The van der Waals surface area contributed by atoms with Gasteiger partial charge >= 0.3 is 0 Å². The van der Waals surface area contributed by atoms with Gasteiger partial charge in [-0.15, -0.1) is 0 Å². The smallest absolute Gasteiger partial charge is 0.264 e. The topological polar surface area (TPSA) is 110 Å². The summed E-state index contributed by atoms with van der Waals surface area (Å²) in [5.74, 6) is 1.82. The molecule has 4 aromatic rings. The lowest BCUT2D eigenvalue weighted by atomic mass is 10.1. The molecule has 1 aliphatic heterocycles. The minimum atomic E-state index is -0.205. The summed E-state index contributed by atoms with van der Waals surface area (Å²) >= 11 is 0. The van der Waals surface area contributed by atoms with Crippen LogP contribution in [0.2, 0.25) is 0 Å². The first-order valence-electron chi connectivity index (χ1n) is 12.8. The highest BCUT2D eigenvalue weighted by Gasteiger charge is 2.31. The molecule has 0 unspecified atom stereocenters. The van der Waals surface area contributed by atoms with Crippen molar-refractivity contribution >= 4 is 22.8 Å². The summed E-state index contributed by atoms with van der Waals surface area (Å²) in [6, 6.07) is 19.5. The highest BCUT2D eigenvalue weighted by Crippen LogP contribution is 2.35. The third-order valence-electron chi connectivity index (χ3n) is 6.72. The van der Waals surface area contributed by atoms with Crippen molar-refractivity contribution in [3.63, 3.8) is 0 Å². The number of nitrogens with zero attached hydrogens (tertiary/aromatic N) is 5. The lowest BCUT2D eigenvalue weighted by molar-refractivity contribution is -0.127. The molecule has 1 saturated heterocycles. The Morgan fingerprint density at radius 3 is 2.61 bits per heavy atom. The monoisotopic (exact) mass is 506 g/mol. The van der Waals surface area contributed by atoms with Crippen molar-refractivity contribution in [2.45, 2.75) is 39.3 Å². The number of nitrogens with two attached hydrogens (primary N) is 1. The van der Waals surface area contributed by atoms with E-state index in [1.807, 2.05) is 84.1 Å². The number of hydrogen-bond acceptors (Lipinski definition) is 6. The summed E-state index contributed by atoms with van der Waals surface area (Å²) < 4.78 is 7.99. The number of rotatable bonds is 7. The Bertz CT molecular complexity index is 1520. The van der Waals surface area contributed by atoms with Gasteiger partial charge in [-0.1, -0.05) is 50.3 Å². The van der Waals surface area contributed by atoms with Crippen molar-refractivity contribution in [1.29, 1.82) is 5.26 Å². The van der Waals surface area contributed by atoms with Crippen LogP contribution in [0.15, 0.2) is 78.8 Å². The van der Waals surface area contributed by atoms with Crippen LogP contribution in [-0.4, -0.2) is 37.9 Å². The second-order valence-electron chi connectivity index (χ2n) is 9.82. The van der Waals surface area contributed by atoms with Crippen molar-refractivity contribution in [3.05, 3.63) is 78.8 Å². The molecule has 1 aliphatic rings. The Balaban J connectivity index is 1.44. The Hall–Kier alpha value is -4.64. The fourth-order valence-electron chi connectivity index (χ4n) is 5.00. The number of carbonyl (C=O) groups is 1. The molecular weight excluding hydrogens is 476 g/mol. The SMILES string of the molecule is CC(C)/C=C(/C#N)C(=O)N1CCC[C@H]1Cn1cc(-c2ccc(Oc3ccccc3)cc2)c2c(N)ncnc21. The number of hydrogen-bond donors (Lipinski definition) is 1. The Morgan fingerprint density at radius 1 is 1.16 bits per heavy atom. The Morgan fingerprint density at radius 2 is 1.89 bits per heavy atom. The number of fused-ring (bicyclic) bond motifs is 1. The van der Waals surface area contributed by atoms with Crippen LogP contribution in [0.25, 0.3) is 22.2 Å².